The van der Waals surface area contributed by atoms with Crippen LogP contribution in [0.15, 0.2) is 97.2 Å². The van der Waals surface area contributed by atoms with Crippen molar-refractivity contribution in [2.45, 2.75) is 13.5 Å². The Morgan fingerprint density at radius 2 is 1.42 bits per heavy atom. The molecule has 1 heterocycles. The molecule has 0 atom stereocenters. The number of nitrogens with zero attached hydrogens (tertiary/aromatic N) is 2. The van der Waals surface area contributed by atoms with Gasteiger partial charge in [0.2, 0.25) is 0 Å². The standard InChI is InChI=1S/C31H24F2N2O.CH4O/c1-21-2-4-23(5-3-21)19-35-20-30(28-16-13-26(32)18-29(28)33)34-31(35)17-8-22-6-9-24(10-7-22)25-11-14-27(36)15-12-25;1-2/h2-18,20,36H,19H2,1H3;2H,1H3/b17-8+;. The minimum Gasteiger partial charge on any atom is -0.508 e. The molecule has 4 aromatic carbocycles. The lowest BCUT2D eigenvalue weighted by molar-refractivity contribution is 0.399. The highest BCUT2D eigenvalue weighted by atomic mass is 19.1. The van der Waals surface area contributed by atoms with E-state index in [1.165, 1.54) is 17.7 Å². The number of phenolic OH excluding ortho intramolecular Hbond substituents is 1. The Morgan fingerprint density at radius 3 is 2.05 bits per heavy atom. The number of benzene rings is 4. The van der Waals surface area contributed by atoms with Gasteiger partial charge in [-0.15, -0.1) is 0 Å². The van der Waals surface area contributed by atoms with Crippen molar-refractivity contribution >= 4 is 12.2 Å². The van der Waals surface area contributed by atoms with E-state index in [-0.39, 0.29) is 11.3 Å². The number of imidazole rings is 1. The first-order valence-corrected chi connectivity index (χ1v) is 12.0. The Hall–Kier alpha value is -4.55. The van der Waals surface area contributed by atoms with Crippen LogP contribution in [0.3, 0.4) is 0 Å². The number of aliphatic hydroxyl groups excluding tert-OH is 1. The maximum Gasteiger partial charge on any atom is 0.135 e. The highest BCUT2D eigenvalue weighted by Crippen LogP contribution is 2.26. The molecule has 2 N–H and O–H groups in total. The fraction of sp³-hybridized carbons (Fsp3) is 0.0938. The van der Waals surface area contributed by atoms with Gasteiger partial charge in [-0.3, -0.25) is 0 Å². The molecule has 0 saturated heterocycles. The molecule has 0 unspecified atom stereocenters. The van der Waals surface area contributed by atoms with Gasteiger partial charge in [0.25, 0.3) is 0 Å². The summed E-state index contributed by atoms with van der Waals surface area (Å²) < 4.78 is 29.9. The van der Waals surface area contributed by atoms with E-state index in [1.54, 1.807) is 18.3 Å². The molecular weight excluding hydrogens is 482 g/mol. The number of aliphatic hydroxyl groups is 1. The Morgan fingerprint density at radius 1 is 0.789 bits per heavy atom. The summed E-state index contributed by atoms with van der Waals surface area (Å²) in [6, 6.07) is 26.9. The average Bonchev–Trinajstić information content (AvgIpc) is 3.32. The lowest BCUT2D eigenvalue weighted by atomic mass is 10.0. The van der Waals surface area contributed by atoms with E-state index in [9.17, 15) is 13.9 Å². The van der Waals surface area contributed by atoms with Crippen LogP contribution in [0.4, 0.5) is 8.78 Å². The molecule has 0 radical (unpaired) electrons. The first-order chi connectivity index (χ1) is 18.4. The number of phenols is 1. The van der Waals surface area contributed by atoms with Gasteiger partial charge in [0.1, 0.15) is 23.2 Å². The number of halogens is 2. The second kappa shape index (κ2) is 12.1. The number of hydrogen-bond donors (Lipinski definition) is 2. The Balaban J connectivity index is 0.00000164. The van der Waals surface area contributed by atoms with Gasteiger partial charge in [-0.25, -0.2) is 13.8 Å². The Labute approximate surface area is 220 Å². The molecule has 4 nitrogen and oxygen atoms in total. The van der Waals surface area contributed by atoms with Crippen LogP contribution in [0.25, 0.3) is 34.5 Å². The van der Waals surface area contributed by atoms with Gasteiger partial charge in [-0.1, -0.05) is 72.3 Å². The molecule has 0 fully saturated rings. The molecule has 0 aliphatic carbocycles. The van der Waals surface area contributed by atoms with Crippen molar-refractivity contribution in [3.05, 3.63) is 131 Å². The van der Waals surface area contributed by atoms with Gasteiger partial charge in [-0.2, -0.15) is 0 Å². The second-order valence-electron chi connectivity index (χ2n) is 8.72. The molecule has 1 aromatic heterocycles. The zero-order valence-electron chi connectivity index (χ0n) is 21.1. The van der Waals surface area contributed by atoms with Gasteiger partial charge in [0, 0.05) is 31.5 Å². The lowest BCUT2D eigenvalue weighted by Crippen LogP contribution is -2.00. The lowest BCUT2D eigenvalue weighted by Gasteiger charge is -2.06. The van der Waals surface area contributed by atoms with Gasteiger partial charge in [0.05, 0.1) is 5.69 Å². The van der Waals surface area contributed by atoms with Gasteiger partial charge in [-0.05, 0) is 59.5 Å². The van der Waals surface area contributed by atoms with Gasteiger partial charge < -0.3 is 14.8 Å². The zero-order valence-corrected chi connectivity index (χ0v) is 21.1. The van der Waals surface area contributed by atoms with Crippen LogP contribution in [-0.2, 0) is 6.54 Å². The first-order valence-electron chi connectivity index (χ1n) is 12.0. The Kier molecular flexibility index (Phi) is 8.46. The van der Waals surface area contributed by atoms with Crippen molar-refractivity contribution in [2.24, 2.45) is 0 Å². The molecule has 0 bridgehead atoms. The van der Waals surface area contributed by atoms with Gasteiger partial charge >= 0.3 is 0 Å². The summed E-state index contributed by atoms with van der Waals surface area (Å²) in [5.41, 5.74) is 6.02. The van der Waals surface area contributed by atoms with Crippen LogP contribution in [-0.4, -0.2) is 26.9 Å². The minimum absolute atomic E-state index is 0.235. The maximum atomic E-state index is 14.5. The van der Waals surface area contributed by atoms with E-state index >= 15 is 0 Å². The van der Waals surface area contributed by atoms with Crippen molar-refractivity contribution in [3.63, 3.8) is 0 Å². The third kappa shape index (κ3) is 6.41. The molecule has 0 saturated carbocycles. The van der Waals surface area contributed by atoms with Gasteiger partial charge in [0.15, 0.2) is 0 Å². The summed E-state index contributed by atoms with van der Waals surface area (Å²) in [6.07, 6.45) is 5.65. The smallest absolute Gasteiger partial charge is 0.135 e. The highest BCUT2D eigenvalue weighted by Gasteiger charge is 2.13. The van der Waals surface area contributed by atoms with Crippen LogP contribution in [0.1, 0.15) is 22.5 Å². The largest absolute Gasteiger partial charge is 0.508 e. The molecule has 192 valence electrons. The molecule has 5 rings (SSSR count). The number of aryl methyl sites for hydroxylation is 1. The fourth-order valence-corrected chi connectivity index (χ4v) is 4.02. The zero-order chi connectivity index (χ0) is 27.1. The summed E-state index contributed by atoms with van der Waals surface area (Å²) in [7, 11) is 1.00. The maximum absolute atomic E-state index is 14.5. The first kappa shape index (κ1) is 26.5. The molecule has 6 heteroatoms. The van der Waals surface area contributed by atoms with Crippen molar-refractivity contribution in [3.8, 4) is 28.1 Å². The molecule has 0 aliphatic heterocycles. The van der Waals surface area contributed by atoms with Crippen LogP contribution >= 0.6 is 0 Å². The van der Waals surface area contributed by atoms with E-state index in [2.05, 4.69) is 29.2 Å². The normalized spacial score (nSPS) is 10.9. The SMILES string of the molecule is CO.Cc1ccc(Cn2cc(-c3ccc(F)cc3F)nc2/C=C/c2ccc(-c3ccc(O)cc3)cc2)cc1. The van der Waals surface area contributed by atoms with Crippen molar-refractivity contribution in [2.75, 3.05) is 7.11 Å². The summed E-state index contributed by atoms with van der Waals surface area (Å²) in [5.74, 6) is -0.363. The minimum atomic E-state index is -0.643. The number of rotatable bonds is 6. The van der Waals surface area contributed by atoms with E-state index in [0.29, 0.717) is 18.1 Å². The van der Waals surface area contributed by atoms with Crippen LogP contribution in [0.5, 0.6) is 5.75 Å². The topological polar surface area (TPSA) is 58.3 Å². The second-order valence-corrected chi connectivity index (χ2v) is 8.72. The molecule has 0 spiro atoms. The van der Waals surface area contributed by atoms with E-state index < -0.39 is 11.6 Å². The third-order valence-corrected chi connectivity index (χ3v) is 6.02. The monoisotopic (exact) mass is 510 g/mol. The summed E-state index contributed by atoms with van der Waals surface area (Å²) in [6.45, 7) is 2.60. The van der Waals surface area contributed by atoms with Crippen molar-refractivity contribution in [1.29, 1.82) is 0 Å². The van der Waals surface area contributed by atoms with E-state index in [1.807, 2.05) is 60.0 Å². The predicted molar refractivity (Wildman–Crippen MR) is 148 cm³/mol. The number of hydrogen-bond acceptors (Lipinski definition) is 3. The molecule has 5 aromatic rings. The van der Waals surface area contributed by atoms with Crippen LogP contribution in [0.2, 0.25) is 0 Å². The quantitative estimate of drug-likeness (QED) is 0.251. The van der Waals surface area contributed by atoms with Crippen molar-refractivity contribution in [1.82, 2.24) is 9.55 Å². The molecule has 0 amide bonds. The highest BCUT2D eigenvalue weighted by molar-refractivity contribution is 5.72. The van der Waals surface area contributed by atoms with Crippen molar-refractivity contribution < 1.29 is 19.0 Å². The molecule has 38 heavy (non-hydrogen) atoms. The average molecular weight is 511 g/mol. The number of aromatic nitrogens is 2. The fourth-order valence-electron chi connectivity index (χ4n) is 4.02. The van der Waals surface area contributed by atoms with E-state index in [4.69, 9.17) is 5.11 Å². The van der Waals surface area contributed by atoms with E-state index in [0.717, 1.165) is 35.4 Å². The Bertz CT molecular complexity index is 1520. The third-order valence-electron chi connectivity index (χ3n) is 6.02. The van der Waals surface area contributed by atoms with Crippen LogP contribution < -0.4 is 0 Å². The molecule has 0 aliphatic rings. The number of aromatic hydroxyl groups is 1. The molecular formula is C32H28F2N2O2. The summed E-state index contributed by atoms with van der Waals surface area (Å²) >= 11 is 0. The summed E-state index contributed by atoms with van der Waals surface area (Å²) in [4.78, 5) is 4.66. The van der Waals surface area contributed by atoms with Crippen LogP contribution in [0, 0.1) is 18.6 Å². The summed E-state index contributed by atoms with van der Waals surface area (Å²) in [5, 5.41) is 16.5. The predicted octanol–water partition coefficient (Wildman–Crippen LogP) is 7.34.